The molecule has 6 rings (SSSR count). The minimum Gasteiger partial charge on any atom is -0.368 e. The number of carbonyl (C=O) groups excluding carboxylic acids is 9. The number of hydrogen-bond acceptors (Lipinski definition) is 11. The van der Waals surface area contributed by atoms with Gasteiger partial charge in [0.05, 0.1) is 62.4 Å². The SMILES string of the molecule is CCCCCCCCCCN(CC(=O)N(CC(=O)N(CC(N)=O)[C@@H](C)c1ccccc1)[C@@H](C)c1ccccc1)C(=O)CN(C(=O)CN(C(=O)CN(CCCCCCCCCC)C(=O)CN(C(=O)CN(C(=O)CNCCCN)[C@@H](C)c1ccccc1)[C@@H](C)c1ccccc1)[C@@H](C)c1ccccc1)[C@@H](C)c1ccccc1. The lowest BCUT2D eigenvalue weighted by molar-refractivity contribution is -0.151. The van der Waals surface area contributed by atoms with Crippen molar-refractivity contribution in [1.29, 1.82) is 0 Å². The van der Waals surface area contributed by atoms with Crippen molar-refractivity contribution < 1.29 is 43.2 Å². The fourth-order valence-corrected chi connectivity index (χ4v) is 14.0. The molecule has 109 heavy (non-hydrogen) atoms. The third-order valence-corrected chi connectivity index (χ3v) is 21.0. The van der Waals surface area contributed by atoms with Gasteiger partial charge >= 0.3 is 0 Å². The average Bonchev–Trinajstić information content (AvgIpc) is 0.826. The van der Waals surface area contributed by atoms with E-state index in [2.05, 4.69) is 19.2 Å². The highest BCUT2D eigenvalue weighted by molar-refractivity contribution is 5.94. The number of amides is 9. The molecule has 20 heteroatoms. The van der Waals surface area contributed by atoms with E-state index in [4.69, 9.17) is 11.5 Å². The van der Waals surface area contributed by atoms with E-state index in [-0.39, 0.29) is 32.1 Å². The van der Waals surface area contributed by atoms with E-state index >= 15 is 28.8 Å². The number of nitrogens with two attached hydrogens (primary N) is 2. The van der Waals surface area contributed by atoms with Crippen molar-refractivity contribution >= 4 is 53.2 Å². The van der Waals surface area contributed by atoms with E-state index in [0.717, 1.165) is 112 Å². The molecule has 0 unspecified atom stereocenters. The first kappa shape index (κ1) is 88.4. The Kier molecular flexibility index (Phi) is 39.6. The van der Waals surface area contributed by atoms with Gasteiger partial charge in [-0.25, -0.2) is 0 Å². The van der Waals surface area contributed by atoms with Crippen LogP contribution < -0.4 is 16.8 Å². The van der Waals surface area contributed by atoms with Gasteiger partial charge in [-0.15, -0.1) is 0 Å². The molecular formula is C89H125N11O9. The molecule has 0 heterocycles. The van der Waals surface area contributed by atoms with Crippen molar-refractivity contribution in [2.45, 2.75) is 201 Å². The number of rotatable bonds is 51. The summed E-state index contributed by atoms with van der Waals surface area (Å²) in [4.78, 5) is 148. The number of benzene rings is 6. The number of unbranched alkanes of at least 4 members (excludes halogenated alkanes) is 14. The van der Waals surface area contributed by atoms with Crippen LogP contribution >= 0.6 is 0 Å². The number of primary amides is 1. The number of nitrogens with one attached hydrogen (secondary N) is 1. The Hall–Kier alpha value is -9.53. The van der Waals surface area contributed by atoms with Gasteiger partial charge in [-0.1, -0.05) is 286 Å². The van der Waals surface area contributed by atoms with Gasteiger partial charge in [0, 0.05) is 13.1 Å². The van der Waals surface area contributed by atoms with Gasteiger partial charge in [-0.2, -0.15) is 0 Å². The van der Waals surface area contributed by atoms with Crippen molar-refractivity contribution in [1.82, 2.24) is 44.5 Å². The predicted molar refractivity (Wildman–Crippen MR) is 434 cm³/mol. The van der Waals surface area contributed by atoms with Crippen LogP contribution in [0.25, 0.3) is 0 Å². The number of carbonyl (C=O) groups is 9. The third kappa shape index (κ3) is 29.4. The Morgan fingerprint density at radius 3 is 0.752 bits per heavy atom. The summed E-state index contributed by atoms with van der Waals surface area (Å²) in [7, 11) is 0. The van der Waals surface area contributed by atoms with Gasteiger partial charge in [0.25, 0.3) is 0 Å². The zero-order chi connectivity index (χ0) is 78.9. The third-order valence-electron chi connectivity index (χ3n) is 21.0. The molecule has 0 fully saturated rings. The lowest BCUT2D eigenvalue weighted by Gasteiger charge is -2.37. The molecule has 0 saturated carbocycles. The van der Waals surface area contributed by atoms with Crippen LogP contribution in [0.5, 0.6) is 0 Å². The van der Waals surface area contributed by atoms with Gasteiger partial charge in [0.2, 0.25) is 53.2 Å². The highest BCUT2D eigenvalue weighted by Crippen LogP contribution is 2.30. The second-order valence-electron chi connectivity index (χ2n) is 29.0. The van der Waals surface area contributed by atoms with E-state index in [9.17, 15) is 14.4 Å². The molecule has 20 nitrogen and oxygen atoms in total. The Labute approximate surface area is 650 Å². The standard InChI is InChI=1S/C89H125N11O9/c1-9-11-13-15-17-19-21-41-58-93(62-85(105)99(73(7)79-52-37-27-38-53-79)67-87(107)95(61-81(91)101)69(3)75-44-29-23-30-45-75)84(104)65-98(72(6)78-50-35-26-36-51-78)89(109)68-100(74(8)80-54-39-28-40-55-80)86(106)63-94(59-42-22-20-18-16-14-12-10-2)83(103)64-97(71(5)77-48-33-25-34-49-77)88(108)66-96(82(102)60-92-57-43-56-90)70(4)76-46-31-24-32-47-76/h23-40,44-55,69-74,92H,9-22,41-43,56-68,90H2,1-8H3,(H2,91,101)/t69-,70-,71-,72-,73-,74-/m0/s1. The van der Waals surface area contributed by atoms with Crippen molar-refractivity contribution in [3.05, 3.63) is 215 Å². The van der Waals surface area contributed by atoms with Crippen molar-refractivity contribution in [3.8, 4) is 0 Å². The first-order valence-electron chi connectivity index (χ1n) is 40.0. The summed E-state index contributed by atoms with van der Waals surface area (Å²) in [5.74, 6) is -4.69. The van der Waals surface area contributed by atoms with Gasteiger partial charge in [0.15, 0.2) is 0 Å². The summed E-state index contributed by atoms with van der Waals surface area (Å²) in [6, 6.07) is 52.1. The summed E-state index contributed by atoms with van der Waals surface area (Å²) in [5, 5.41) is 3.18. The molecule has 0 saturated heterocycles. The van der Waals surface area contributed by atoms with Crippen LogP contribution in [0.4, 0.5) is 0 Å². The molecule has 590 valence electrons. The van der Waals surface area contributed by atoms with Gasteiger partial charge in [-0.05, 0) is 107 Å². The number of nitrogens with zero attached hydrogens (tertiary/aromatic N) is 8. The molecule has 0 aliphatic carbocycles. The maximum absolute atomic E-state index is 16.0. The Bertz CT molecular complexity index is 3670. The molecule has 6 aromatic carbocycles. The maximum atomic E-state index is 16.0. The van der Waals surface area contributed by atoms with E-state index in [1.165, 1.54) is 39.2 Å². The van der Waals surface area contributed by atoms with E-state index in [1.54, 1.807) is 6.92 Å². The summed E-state index contributed by atoms with van der Waals surface area (Å²) < 4.78 is 0. The molecule has 0 aromatic heterocycles. The van der Waals surface area contributed by atoms with E-state index in [1.807, 2.05) is 217 Å². The van der Waals surface area contributed by atoms with E-state index in [0.29, 0.717) is 43.5 Å². The fraction of sp³-hybridized carbons (Fsp3) is 0.494. The summed E-state index contributed by atoms with van der Waals surface area (Å²) in [5.41, 5.74) is 16.1. The zero-order valence-corrected chi connectivity index (χ0v) is 66.4. The van der Waals surface area contributed by atoms with Crippen LogP contribution in [-0.4, -0.2) is 177 Å². The predicted octanol–water partition coefficient (Wildman–Crippen LogP) is 13.9. The summed E-state index contributed by atoms with van der Waals surface area (Å²) >= 11 is 0. The fourth-order valence-electron chi connectivity index (χ4n) is 14.0. The lowest BCUT2D eigenvalue weighted by Crippen LogP contribution is -2.53. The summed E-state index contributed by atoms with van der Waals surface area (Å²) in [6.07, 6.45) is 16.1. The second kappa shape index (κ2) is 48.8. The molecule has 9 amide bonds. The molecule has 0 spiro atoms. The Morgan fingerprint density at radius 2 is 0.505 bits per heavy atom. The molecule has 0 radical (unpaired) electrons. The van der Waals surface area contributed by atoms with Crippen LogP contribution in [0.15, 0.2) is 182 Å². The normalized spacial score (nSPS) is 12.8. The minimum absolute atomic E-state index is 0.0414. The first-order chi connectivity index (χ1) is 52.7. The molecule has 6 aromatic rings. The monoisotopic (exact) mass is 1490 g/mol. The molecule has 6 atom stereocenters. The van der Waals surface area contributed by atoms with Crippen LogP contribution in [-0.2, 0) is 43.2 Å². The smallest absolute Gasteiger partial charge is 0.243 e. The first-order valence-corrected chi connectivity index (χ1v) is 40.0. The van der Waals surface area contributed by atoms with Crippen LogP contribution in [0.2, 0.25) is 0 Å². The van der Waals surface area contributed by atoms with Crippen LogP contribution in [0, 0.1) is 0 Å². The van der Waals surface area contributed by atoms with Crippen molar-refractivity contribution in [3.63, 3.8) is 0 Å². The quantitative estimate of drug-likeness (QED) is 0.0303. The lowest BCUT2D eigenvalue weighted by atomic mass is 10.0. The molecule has 5 N–H and O–H groups in total. The van der Waals surface area contributed by atoms with Gasteiger partial charge in [-0.3, -0.25) is 43.2 Å². The highest BCUT2D eigenvalue weighted by atomic mass is 16.2. The Balaban J connectivity index is 1.39. The van der Waals surface area contributed by atoms with Gasteiger partial charge < -0.3 is 56.0 Å². The highest BCUT2D eigenvalue weighted by Gasteiger charge is 2.37. The van der Waals surface area contributed by atoms with Crippen LogP contribution in [0.1, 0.15) is 234 Å². The van der Waals surface area contributed by atoms with Crippen LogP contribution in [0.3, 0.4) is 0 Å². The largest absolute Gasteiger partial charge is 0.368 e. The summed E-state index contributed by atoms with van der Waals surface area (Å²) in [6.45, 7) is 13.0. The average molecular weight is 1490 g/mol. The zero-order valence-electron chi connectivity index (χ0n) is 66.4. The molecule has 0 bridgehead atoms. The topological polar surface area (TPSA) is 244 Å². The second-order valence-corrected chi connectivity index (χ2v) is 29.0. The van der Waals surface area contributed by atoms with Crippen molar-refractivity contribution in [2.75, 3.05) is 85.1 Å². The minimum atomic E-state index is -0.748. The molecular weight excluding hydrogens is 1370 g/mol. The maximum Gasteiger partial charge on any atom is 0.243 e. The Morgan fingerprint density at radius 1 is 0.284 bits per heavy atom. The van der Waals surface area contributed by atoms with Crippen molar-refractivity contribution in [2.24, 2.45) is 11.5 Å². The van der Waals surface area contributed by atoms with E-state index < -0.39 is 129 Å². The molecule has 0 aliphatic heterocycles. The van der Waals surface area contributed by atoms with Gasteiger partial charge in [0.1, 0.15) is 32.7 Å². The molecule has 0 aliphatic rings. The number of hydrogen-bond donors (Lipinski definition) is 3.